The Bertz CT molecular complexity index is 1030. The molecule has 2 heterocycles. The molecule has 0 aliphatic heterocycles. The molecule has 0 atom stereocenters. The van der Waals surface area contributed by atoms with Crippen molar-refractivity contribution in [2.45, 2.75) is 18.3 Å². The van der Waals surface area contributed by atoms with Gasteiger partial charge in [-0.25, -0.2) is 14.4 Å². The Morgan fingerprint density at radius 3 is 2.80 bits per heavy atom. The monoisotopic (exact) mass is 524 g/mol. The van der Waals surface area contributed by atoms with Crippen molar-refractivity contribution in [1.82, 2.24) is 30.4 Å². The molecule has 8 nitrogen and oxygen atoms in total. The molecule has 160 valence electrons. The molecule has 4 rings (SSSR count). The van der Waals surface area contributed by atoms with E-state index in [0.29, 0.717) is 13.1 Å². The van der Waals surface area contributed by atoms with Gasteiger partial charge >= 0.3 is 0 Å². The van der Waals surface area contributed by atoms with Gasteiger partial charge in [-0.1, -0.05) is 12.1 Å². The summed E-state index contributed by atoms with van der Waals surface area (Å²) in [6.45, 7) is 2.06. The number of hydrogen-bond donors (Lipinski definition) is 3. The summed E-state index contributed by atoms with van der Waals surface area (Å²) in [6.07, 6.45) is 5.39. The van der Waals surface area contributed by atoms with Crippen LogP contribution in [0.25, 0.3) is 11.0 Å². The highest BCUT2D eigenvalue weighted by molar-refractivity contribution is 14.0. The molecule has 1 fully saturated rings. The van der Waals surface area contributed by atoms with Gasteiger partial charge in [0.05, 0.1) is 11.6 Å². The summed E-state index contributed by atoms with van der Waals surface area (Å²) in [5.74, 6) is 1.30. The fourth-order valence-electron chi connectivity index (χ4n) is 3.48. The van der Waals surface area contributed by atoms with Crippen LogP contribution in [-0.4, -0.2) is 52.4 Å². The second-order valence-corrected chi connectivity index (χ2v) is 7.30. The molecule has 0 amide bonds. The molecule has 0 unspecified atom stereocenters. The van der Waals surface area contributed by atoms with E-state index in [1.807, 2.05) is 13.1 Å². The predicted molar refractivity (Wildman–Crippen MR) is 127 cm³/mol. The largest absolute Gasteiger partial charge is 0.368 e. The number of rotatable bonds is 7. The van der Waals surface area contributed by atoms with E-state index in [1.54, 1.807) is 30.1 Å². The molecule has 1 aliphatic carbocycles. The van der Waals surface area contributed by atoms with Crippen molar-refractivity contribution in [3.05, 3.63) is 48.2 Å². The summed E-state index contributed by atoms with van der Waals surface area (Å²) in [6, 6.07) is 6.89. The van der Waals surface area contributed by atoms with Crippen molar-refractivity contribution in [3.63, 3.8) is 0 Å². The maximum Gasteiger partial charge on any atom is 0.191 e. The topological polar surface area (TPSA) is 92.1 Å². The van der Waals surface area contributed by atoms with Crippen LogP contribution in [0.2, 0.25) is 0 Å². The highest BCUT2D eigenvalue weighted by Crippen LogP contribution is 2.47. The van der Waals surface area contributed by atoms with Crippen molar-refractivity contribution >= 4 is 46.8 Å². The molecule has 3 aromatic rings. The van der Waals surface area contributed by atoms with Crippen LogP contribution in [-0.2, 0) is 12.5 Å². The molecule has 3 N–H and O–H groups in total. The minimum Gasteiger partial charge on any atom is -0.368 e. The fraction of sp³-hybridized carbons (Fsp3) is 0.400. The third-order valence-corrected chi connectivity index (χ3v) is 5.35. The standard InChI is InChI=1S/C20H25FN8.HI/c1-22-19(25-12-20(6-7-20)14-4-3-5-15(21)10-14)24-9-8-23-17-16-11-28-29(2)18(16)27-13-26-17;/h3-5,10-11,13H,6-9,12H2,1-2H3,(H2,22,24,25)(H,23,26,27);1H. The first kappa shape index (κ1) is 22.2. The Kier molecular flexibility index (Phi) is 7.06. The number of guanidine groups is 1. The lowest BCUT2D eigenvalue weighted by Crippen LogP contribution is -2.42. The van der Waals surface area contributed by atoms with Crippen LogP contribution in [0.5, 0.6) is 0 Å². The van der Waals surface area contributed by atoms with Crippen LogP contribution < -0.4 is 16.0 Å². The fourth-order valence-corrected chi connectivity index (χ4v) is 3.48. The Morgan fingerprint density at radius 2 is 2.07 bits per heavy atom. The first-order chi connectivity index (χ1) is 14.1. The zero-order chi connectivity index (χ0) is 20.3. The average molecular weight is 524 g/mol. The SMILES string of the molecule is CN=C(NCCNc1ncnc2c1cnn2C)NCC1(c2cccc(F)c2)CC1.I. The van der Waals surface area contributed by atoms with Crippen LogP contribution in [0, 0.1) is 5.82 Å². The smallest absolute Gasteiger partial charge is 0.191 e. The van der Waals surface area contributed by atoms with E-state index in [2.05, 4.69) is 36.0 Å². The lowest BCUT2D eigenvalue weighted by Gasteiger charge is -2.19. The van der Waals surface area contributed by atoms with Gasteiger partial charge in [-0.2, -0.15) is 5.10 Å². The molecule has 2 aromatic heterocycles. The third-order valence-electron chi connectivity index (χ3n) is 5.35. The molecule has 0 saturated heterocycles. The van der Waals surface area contributed by atoms with Crippen molar-refractivity contribution in [2.24, 2.45) is 12.0 Å². The van der Waals surface area contributed by atoms with Gasteiger partial charge in [0.2, 0.25) is 0 Å². The molecule has 30 heavy (non-hydrogen) atoms. The van der Waals surface area contributed by atoms with Crippen molar-refractivity contribution in [3.8, 4) is 0 Å². The van der Waals surface area contributed by atoms with E-state index in [-0.39, 0.29) is 35.2 Å². The quantitative estimate of drug-likeness (QED) is 0.190. The number of aliphatic imine (C=N–C) groups is 1. The Hall–Kier alpha value is -2.50. The van der Waals surface area contributed by atoms with Gasteiger partial charge in [-0.3, -0.25) is 9.67 Å². The van der Waals surface area contributed by atoms with Gasteiger partial charge < -0.3 is 16.0 Å². The van der Waals surface area contributed by atoms with E-state index in [4.69, 9.17) is 0 Å². The number of nitrogens with one attached hydrogen (secondary N) is 3. The maximum absolute atomic E-state index is 13.6. The number of anilines is 1. The number of benzene rings is 1. The summed E-state index contributed by atoms with van der Waals surface area (Å²) in [7, 11) is 3.60. The summed E-state index contributed by atoms with van der Waals surface area (Å²) in [5.41, 5.74) is 1.84. The minimum absolute atomic E-state index is 0. The van der Waals surface area contributed by atoms with E-state index < -0.39 is 0 Å². The summed E-state index contributed by atoms with van der Waals surface area (Å²) in [4.78, 5) is 12.8. The number of hydrogen-bond acceptors (Lipinski definition) is 5. The number of halogens is 2. The van der Waals surface area contributed by atoms with Gasteiger partial charge in [0.25, 0.3) is 0 Å². The van der Waals surface area contributed by atoms with Crippen LogP contribution in [0.3, 0.4) is 0 Å². The van der Waals surface area contributed by atoms with Crippen LogP contribution in [0.4, 0.5) is 10.2 Å². The van der Waals surface area contributed by atoms with E-state index in [0.717, 1.165) is 47.8 Å². The van der Waals surface area contributed by atoms with Crippen LogP contribution in [0.1, 0.15) is 18.4 Å². The normalized spacial score (nSPS) is 14.8. The summed E-state index contributed by atoms with van der Waals surface area (Å²) in [5, 5.41) is 15.1. The van der Waals surface area contributed by atoms with Crippen molar-refractivity contribution < 1.29 is 4.39 Å². The van der Waals surface area contributed by atoms with Gasteiger partial charge in [-0.05, 0) is 30.5 Å². The molecule has 0 radical (unpaired) electrons. The van der Waals surface area contributed by atoms with E-state index in [1.165, 1.54) is 12.4 Å². The molecule has 0 bridgehead atoms. The third kappa shape index (κ3) is 4.79. The molecule has 10 heteroatoms. The van der Waals surface area contributed by atoms with Gasteiger partial charge in [0, 0.05) is 39.1 Å². The molecule has 1 saturated carbocycles. The second-order valence-electron chi connectivity index (χ2n) is 7.30. The number of nitrogens with zero attached hydrogens (tertiary/aromatic N) is 5. The molecular weight excluding hydrogens is 498 g/mol. The van der Waals surface area contributed by atoms with Crippen molar-refractivity contribution in [1.29, 1.82) is 0 Å². The lowest BCUT2D eigenvalue weighted by molar-refractivity contribution is 0.607. The number of aryl methyl sites for hydroxylation is 1. The first-order valence-electron chi connectivity index (χ1n) is 9.68. The maximum atomic E-state index is 13.6. The highest BCUT2D eigenvalue weighted by atomic mass is 127. The molecule has 0 spiro atoms. The second kappa shape index (κ2) is 9.54. The predicted octanol–water partition coefficient (Wildman–Crippen LogP) is 2.43. The highest BCUT2D eigenvalue weighted by Gasteiger charge is 2.44. The first-order valence-corrected chi connectivity index (χ1v) is 9.68. The van der Waals surface area contributed by atoms with E-state index in [9.17, 15) is 4.39 Å². The Balaban J connectivity index is 0.00000256. The van der Waals surface area contributed by atoms with Crippen LogP contribution >= 0.6 is 24.0 Å². The molecule has 1 aliphatic rings. The zero-order valence-corrected chi connectivity index (χ0v) is 19.4. The molecular formula is C20H26FIN8. The van der Waals surface area contributed by atoms with Gasteiger partial charge in [0.1, 0.15) is 18.0 Å². The Morgan fingerprint density at radius 1 is 1.23 bits per heavy atom. The molecule has 1 aromatic carbocycles. The van der Waals surface area contributed by atoms with Crippen molar-refractivity contribution in [2.75, 3.05) is 32.0 Å². The van der Waals surface area contributed by atoms with E-state index >= 15 is 0 Å². The number of fused-ring (bicyclic) bond motifs is 1. The number of aromatic nitrogens is 4. The Labute approximate surface area is 191 Å². The minimum atomic E-state index is -0.185. The van der Waals surface area contributed by atoms with Crippen LogP contribution in [0.15, 0.2) is 41.8 Å². The zero-order valence-electron chi connectivity index (χ0n) is 17.0. The van der Waals surface area contributed by atoms with Gasteiger partial charge in [-0.15, -0.1) is 24.0 Å². The summed E-state index contributed by atoms with van der Waals surface area (Å²) >= 11 is 0. The van der Waals surface area contributed by atoms with Gasteiger partial charge in [0.15, 0.2) is 11.6 Å². The average Bonchev–Trinajstić information content (AvgIpc) is 3.44. The summed E-state index contributed by atoms with van der Waals surface area (Å²) < 4.78 is 15.3. The lowest BCUT2D eigenvalue weighted by atomic mass is 9.96.